The van der Waals surface area contributed by atoms with Gasteiger partial charge in [0.25, 0.3) is 0 Å². The molecule has 0 spiro atoms. The molecule has 3 heterocycles. The van der Waals surface area contributed by atoms with Gasteiger partial charge in [-0.3, -0.25) is 4.90 Å². The summed E-state index contributed by atoms with van der Waals surface area (Å²) in [5.74, 6) is 0. The molecule has 6 heteroatoms. The maximum Gasteiger partial charge on any atom is 0.0971 e. The fourth-order valence-corrected chi connectivity index (χ4v) is 3.97. The van der Waals surface area contributed by atoms with E-state index in [1.165, 1.54) is 22.2 Å². The molecule has 26 heavy (non-hydrogen) atoms. The van der Waals surface area contributed by atoms with Crippen LogP contribution in [-0.4, -0.2) is 31.4 Å². The van der Waals surface area contributed by atoms with Crippen molar-refractivity contribution in [3.8, 4) is 5.69 Å². The molecule has 0 fully saturated rings. The second-order valence-corrected chi connectivity index (χ2v) is 7.63. The molecule has 0 unspecified atom stereocenters. The molecule has 5 rings (SSSR count). The zero-order chi connectivity index (χ0) is 17.5. The van der Waals surface area contributed by atoms with Crippen LogP contribution in [0.3, 0.4) is 0 Å². The lowest BCUT2D eigenvalue weighted by Gasteiger charge is -2.25. The maximum absolute atomic E-state index is 4.36. The summed E-state index contributed by atoms with van der Waals surface area (Å²) in [6.45, 7) is 2.78. The Balaban J connectivity index is 1.34. The molecule has 1 N–H and O–H groups in total. The summed E-state index contributed by atoms with van der Waals surface area (Å²) >= 11 is 3.46. The maximum atomic E-state index is 4.36. The highest BCUT2D eigenvalue weighted by molar-refractivity contribution is 9.10. The van der Waals surface area contributed by atoms with E-state index in [0.29, 0.717) is 0 Å². The molecular weight excluding hydrogens is 390 g/mol. The first-order valence-corrected chi connectivity index (χ1v) is 9.53. The molecule has 0 bridgehead atoms. The predicted octanol–water partition coefficient (Wildman–Crippen LogP) is 4.07. The number of benzene rings is 2. The van der Waals surface area contributed by atoms with Crippen LogP contribution in [0.1, 0.15) is 17.0 Å². The molecule has 1 aliphatic rings. The number of hydrogen-bond acceptors (Lipinski definition) is 3. The van der Waals surface area contributed by atoms with Crippen LogP contribution >= 0.6 is 15.9 Å². The Bertz CT molecular complexity index is 1060. The number of rotatable bonds is 3. The summed E-state index contributed by atoms with van der Waals surface area (Å²) in [6.07, 6.45) is 3.09. The largest absolute Gasteiger partial charge is 0.357 e. The van der Waals surface area contributed by atoms with Gasteiger partial charge in [-0.2, -0.15) is 0 Å². The highest BCUT2D eigenvalue weighted by Gasteiger charge is 2.21. The Morgan fingerprint density at radius 2 is 1.92 bits per heavy atom. The SMILES string of the molecule is Brc1ccc(-n2cc(CN3CCc4c([nH]c5ccccc45)C3)nn2)cc1. The Kier molecular flexibility index (Phi) is 3.87. The highest BCUT2D eigenvalue weighted by atomic mass is 79.9. The van der Waals surface area contributed by atoms with E-state index < -0.39 is 0 Å². The van der Waals surface area contributed by atoms with Gasteiger partial charge in [0.15, 0.2) is 0 Å². The number of nitrogens with zero attached hydrogens (tertiary/aromatic N) is 4. The molecule has 0 atom stereocenters. The van der Waals surface area contributed by atoms with Crippen LogP contribution in [0.15, 0.2) is 59.2 Å². The highest BCUT2D eigenvalue weighted by Crippen LogP contribution is 2.27. The number of aromatic nitrogens is 4. The second-order valence-electron chi connectivity index (χ2n) is 6.72. The average molecular weight is 408 g/mol. The van der Waals surface area contributed by atoms with Gasteiger partial charge in [-0.15, -0.1) is 5.10 Å². The van der Waals surface area contributed by atoms with Crippen LogP contribution in [0.25, 0.3) is 16.6 Å². The van der Waals surface area contributed by atoms with Gasteiger partial charge < -0.3 is 4.98 Å². The summed E-state index contributed by atoms with van der Waals surface area (Å²) in [4.78, 5) is 6.01. The van der Waals surface area contributed by atoms with Gasteiger partial charge in [-0.25, -0.2) is 4.68 Å². The Hall–Kier alpha value is -2.44. The van der Waals surface area contributed by atoms with Crippen LogP contribution in [0.2, 0.25) is 0 Å². The van der Waals surface area contributed by atoms with E-state index in [4.69, 9.17) is 0 Å². The Morgan fingerprint density at radius 1 is 1.08 bits per heavy atom. The van der Waals surface area contributed by atoms with Crippen molar-refractivity contribution in [2.75, 3.05) is 6.54 Å². The lowest BCUT2D eigenvalue weighted by molar-refractivity contribution is 0.240. The van der Waals surface area contributed by atoms with E-state index in [2.05, 4.69) is 60.4 Å². The number of halogens is 1. The number of aromatic amines is 1. The van der Waals surface area contributed by atoms with Crippen LogP contribution < -0.4 is 0 Å². The molecule has 0 aliphatic carbocycles. The van der Waals surface area contributed by atoms with Crippen molar-refractivity contribution in [2.24, 2.45) is 0 Å². The summed E-state index contributed by atoms with van der Waals surface area (Å²) in [5, 5.41) is 10.00. The molecule has 4 aromatic rings. The summed E-state index contributed by atoms with van der Waals surface area (Å²) in [5.41, 5.74) is 6.05. The number of hydrogen-bond donors (Lipinski definition) is 1. The van der Waals surface area contributed by atoms with Gasteiger partial charge in [-0.1, -0.05) is 39.3 Å². The van der Waals surface area contributed by atoms with Gasteiger partial charge in [0.1, 0.15) is 0 Å². The topological polar surface area (TPSA) is 49.7 Å². The van der Waals surface area contributed by atoms with Crippen molar-refractivity contribution in [1.29, 1.82) is 0 Å². The number of nitrogens with one attached hydrogen (secondary N) is 1. The Labute approximate surface area is 159 Å². The normalized spacial score (nSPS) is 14.7. The third kappa shape index (κ3) is 2.85. The lowest BCUT2D eigenvalue weighted by atomic mass is 10.0. The third-order valence-corrected chi connectivity index (χ3v) is 5.51. The van der Waals surface area contributed by atoms with Crippen molar-refractivity contribution in [2.45, 2.75) is 19.5 Å². The Morgan fingerprint density at radius 3 is 2.81 bits per heavy atom. The molecular formula is C20H18BrN5. The van der Waals surface area contributed by atoms with Crippen molar-refractivity contribution in [1.82, 2.24) is 24.9 Å². The fraction of sp³-hybridized carbons (Fsp3) is 0.200. The second kappa shape index (κ2) is 6.37. The molecule has 0 saturated carbocycles. The van der Waals surface area contributed by atoms with Crippen LogP contribution in [-0.2, 0) is 19.5 Å². The van der Waals surface area contributed by atoms with Gasteiger partial charge in [0, 0.05) is 40.7 Å². The molecule has 1 aliphatic heterocycles. The van der Waals surface area contributed by atoms with Crippen molar-refractivity contribution >= 4 is 26.8 Å². The monoisotopic (exact) mass is 407 g/mol. The lowest BCUT2D eigenvalue weighted by Crippen LogP contribution is -2.30. The molecule has 5 nitrogen and oxygen atoms in total. The zero-order valence-corrected chi connectivity index (χ0v) is 15.8. The van der Waals surface area contributed by atoms with Crippen LogP contribution in [0.4, 0.5) is 0 Å². The standard InChI is InChI=1S/C20H18BrN5/c21-14-5-7-16(8-6-14)26-12-15(23-24-26)11-25-10-9-18-17-3-1-2-4-19(17)22-20(18)13-25/h1-8,12,22H,9-11,13H2. The molecule has 2 aromatic heterocycles. The van der Waals surface area contributed by atoms with Crippen LogP contribution in [0, 0.1) is 0 Å². The first kappa shape index (κ1) is 15.8. The molecule has 0 radical (unpaired) electrons. The van der Waals surface area contributed by atoms with E-state index >= 15 is 0 Å². The zero-order valence-electron chi connectivity index (χ0n) is 14.2. The van der Waals surface area contributed by atoms with Gasteiger partial charge in [0.05, 0.1) is 17.6 Å². The van der Waals surface area contributed by atoms with E-state index in [9.17, 15) is 0 Å². The first-order chi connectivity index (χ1) is 12.8. The minimum atomic E-state index is 0.811. The number of H-pyrrole nitrogens is 1. The summed E-state index contributed by atoms with van der Waals surface area (Å²) < 4.78 is 2.89. The third-order valence-electron chi connectivity index (χ3n) is 4.98. The molecule has 0 saturated heterocycles. The van der Waals surface area contributed by atoms with Crippen molar-refractivity contribution in [3.63, 3.8) is 0 Å². The predicted molar refractivity (Wildman–Crippen MR) is 105 cm³/mol. The molecule has 0 amide bonds. The summed E-state index contributed by atoms with van der Waals surface area (Å²) in [7, 11) is 0. The molecule has 2 aromatic carbocycles. The van der Waals surface area contributed by atoms with E-state index in [1.807, 2.05) is 35.1 Å². The minimum absolute atomic E-state index is 0.811. The number of para-hydroxylation sites is 1. The summed E-state index contributed by atoms with van der Waals surface area (Å²) in [6, 6.07) is 16.6. The number of fused-ring (bicyclic) bond motifs is 3. The average Bonchev–Trinajstić information content (AvgIpc) is 3.26. The quantitative estimate of drug-likeness (QED) is 0.556. The fourth-order valence-electron chi connectivity index (χ4n) is 3.70. The van der Waals surface area contributed by atoms with Gasteiger partial charge in [0.2, 0.25) is 0 Å². The smallest absolute Gasteiger partial charge is 0.0971 e. The van der Waals surface area contributed by atoms with E-state index in [1.54, 1.807) is 0 Å². The van der Waals surface area contributed by atoms with Gasteiger partial charge >= 0.3 is 0 Å². The molecule has 130 valence electrons. The van der Waals surface area contributed by atoms with Crippen LogP contribution in [0.5, 0.6) is 0 Å². The van der Waals surface area contributed by atoms with Gasteiger partial charge in [-0.05, 0) is 42.3 Å². The first-order valence-electron chi connectivity index (χ1n) is 8.74. The van der Waals surface area contributed by atoms with E-state index in [0.717, 1.165) is 41.9 Å². The minimum Gasteiger partial charge on any atom is -0.357 e. The van der Waals surface area contributed by atoms with Crippen molar-refractivity contribution < 1.29 is 0 Å². The van der Waals surface area contributed by atoms with E-state index in [-0.39, 0.29) is 0 Å². The van der Waals surface area contributed by atoms with Crippen molar-refractivity contribution in [3.05, 3.63) is 76.2 Å².